The minimum absolute atomic E-state index is 0.0298. The van der Waals surface area contributed by atoms with Crippen LogP contribution in [0.3, 0.4) is 0 Å². The van der Waals surface area contributed by atoms with Crippen molar-refractivity contribution in [2.75, 3.05) is 11.9 Å². The summed E-state index contributed by atoms with van der Waals surface area (Å²) in [5.74, 6) is 0.961. The van der Waals surface area contributed by atoms with Crippen LogP contribution in [0, 0.1) is 5.92 Å². The van der Waals surface area contributed by atoms with Crippen LogP contribution in [0.5, 0.6) is 5.75 Å². The Labute approximate surface area is 159 Å². The van der Waals surface area contributed by atoms with E-state index in [9.17, 15) is 9.90 Å². The largest absolute Gasteiger partial charge is 0.513 e. The molecule has 0 unspecified atom stereocenters. The molecule has 0 radical (unpaired) electrons. The van der Waals surface area contributed by atoms with Crippen molar-refractivity contribution in [3.63, 3.8) is 0 Å². The number of nitrogens with one attached hydrogen (secondary N) is 2. The molecule has 1 aromatic rings. The molecule has 3 N–H and O–H groups in total. The molecule has 0 bridgehead atoms. The Bertz CT molecular complexity index is 794. The molecule has 0 fully saturated rings. The summed E-state index contributed by atoms with van der Waals surface area (Å²) in [6.45, 7) is 11.3. The molecule has 0 saturated carbocycles. The van der Waals surface area contributed by atoms with Crippen LogP contribution in [0.25, 0.3) is 0 Å². The zero-order valence-corrected chi connectivity index (χ0v) is 15.5. The average Bonchev–Trinajstić information content (AvgIpc) is 2.63. The normalized spacial score (nSPS) is 15.6. The summed E-state index contributed by atoms with van der Waals surface area (Å²) in [6, 6.07) is 6.92. The van der Waals surface area contributed by atoms with E-state index in [-0.39, 0.29) is 17.7 Å². The summed E-state index contributed by atoms with van der Waals surface area (Å²) in [4.78, 5) is 17.7. The molecule has 0 aromatic heterocycles. The van der Waals surface area contributed by atoms with Gasteiger partial charge in [0.2, 0.25) is 0 Å². The lowest BCUT2D eigenvalue weighted by Gasteiger charge is -2.31. The van der Waals surface area contributed by atoms with Gasteiger partial charge in [0, 0.05) is 36.1 Å². The van der Waals surface area contributed by atoms with E-state index in [2.05, 4.69) is 28.8 Å². The van der Waals surface area contributed by atoms with Crippen LogP contribution < -0.4 is 15.4 Å². The second-order valence-corrected chi connectivity index (χ2v) is 5.94. The van der Waals surface area contributed by atoms with Crippen molar-refractivity contribution in [2.24, 2.45) is 10.9 Å². The lowest BCUT2D eigenvalue weighted by atomic mass is 10.1. The molecular weight excluding hydrogens is 344 g/mol. The number of carbonyl (C=O) groups excluding carboxylic acids is 1. The van der Waals surface area contributed by atoms with E-state index >= 15 is 0 Å². The predicted octanol–water partition coefficient (Wildman–Crippen LogP) is 4.13. The zero-order valence-electron chi connectivity index (χ0n) is 15.5. The van der Waals surface area contributed by atoms with Crippen LogP contribution in [-0.4, -0.2) is 28.8 Å². The van der Waals surface area contributed by atoms with Crippen molar-refractivity contribution < 1.29 is 14.6 Å². The predicted molar refractivity (Wildman–Crippen MR) is 107 cm³/mol. The van der Waals surface area contributed by atoms with E-state index in [1.165, 1.54) is 11.2 Å². The standard InChI is InChI=1S/C20H24N4O3/c1-5-21-10-11-27-18-8-6-17(7-9-18)22-19-12-15(3)24(20(26)23-19)13-14(2)16(4)25/h5-12,14,22,25H,3-4,13H2,1-2H3,(H,23,26)/b11-10+,21-5?/t14-/m0/s1. The van der Waals surface area contributed by atoms with Gasteiger partial charge in [-0.2, -0.15) is 0 Å². The Kier molecular flexibility index (Phi) is 6.82. The maximum absolute atomic E-state index is 12.3. The summed E-state index contributed by atoms with van der Waals surface area (Å²) in [5, 5.41) is 15.3. The average molecular weight is 368 g/mol. The van der Waals surface area contributed by atoms with Gasteiger partial charge in [-0.25, -0.2) is 4.79 Å². The molecule has 7 heteroatoms. The molecule has 1 heterocycles. The maximum Gasteiger partial charge on any atom is 0.327 e. The first-order chi connectivity index (χ1) is 12.9. The fraction of sp³-hybridized carbons (Fsp3) is 0.200. The summed E-state index contributed by atoms with van der Waals surface area (Å²) < 4.78 is 5.40. The Morgan fingerprint density at radius 2 is 2.15 bits per heavy atom. The molecule has 1 aliphatic heterocycles. The highest BCUT2D eigenvalue weighted by molar-refractivity contribution is 5.81. The Morgan fingerprint density at radius 1 is 1.44 bits per heavy atom. The fourth-order valence-corrected chi connectivity index (χ4v) is 2.24. The second kappa shape index (κ2) is 9.28. The summed E-state index contributed by atoms with van der Waals surface area (Å²) >= 11 is 0. The van der Waals surface area contributed by atoms with Gasteiger partial charge in [-0.1, -0.05) is 20.1 Å². The SMILES string of the molecule is C=C(O)[C@@H](C)CN1C(=C)C=C(Nc2ccc(O/C=C/N=CC)cc2)NC1=O. The van der Waals surface area contributed by atoms with Crippen molar-refractivity contribution in [1.82, 2.24) is 10.2 Å². The Balaban J connectivity index is 1.98. The molecule has 1 atom stereocenters. The molecule has 0 saturated heterocycles. The number of nitrogens with zero attached hydrogens (tertiary/aromatic N) is 2. The van der Waals surface area contributed by atoms with Crippen molar-refractivity contribution in [3.8, 4) is 5.75 Å². The van der Waals surface area contributed by atoms with Gasteiger partial charge in [0.15, 0.2) is 0 Å². The lowest BCUT2D eigenvalue weighted by Crippen LogP contribution is -2.45. The molecule has 0 aliphatic carbocycles. The number of rotatable bonds is 8. The second-order valence-electron chi connectivity index (χ2n) is 5.94. The minimum atomic E-state index is -0.320. The number of aliphatic hydroxyl groups excluding tert-OH is 1. The van der Waals surface area contributed by atoms with Crippen LogP contribution in [0.2, 0.25) is 0 Å². The first-order valence-corrected chi connectivity index (χ1v) is 8.44. The van der Waals surface area contributed by atoms with Crippen molar-refractivity contribution in [2.45, 2.75) is 13.8 Å². The smallest absolute Gasteiger partial charge is 0.327 e. The van der Waals surface area contributed by atoms with Crippen LogP contribution in [0.1, 0.15) is 13.8 Å². The van der Waals surface area contributed by atoms with Gasteiger partial charge in [-0.3, -0.25) is 15.2 Å². The third-order valence-electron chi connectivity index (χ3n) is 3.80. The van der Waals surface area contributed by atoms with E-state index in [0.29, 0.717) is 23.8 Å². The van der Waals surface area contributed by atoms with E-state index in [4.69, 9.17) is 4.74 Å². The number of urea groups is 1. The monoisotopic (exact) mass is 368 g/mol. The van der Waals surface area contributed by atoms with Gasteiger partial charge in [0.25, 0.3) is 0 Å². The topological polar surface area (TPSA) is 86.2 Å². The van der Waals surface area contributed by atoms with Gasteiger partial charge < -0.3 is 15.2 Å². The number of amides is 2. The van der Waals surface area contributed by atoms with E-state index < -0.39 is 0 Å². The highest BCUT2D eigenvalue weighted by Crippen LogP contribution is 2.21. The van der Waals surface area contributed by atoms with Gasteiger partial charge in [0.05, 0.1) is 12.0 Å². The Hall–Kier alpha value is -3.48. The van der Waals surface area contributed by atoms with E-state index in [0.717, 1.165) is 5.69 Å². The molecule has 142 valence electrons. The number of ether oxygens (including phenoxy) is 1. The maximum atomic E-state index is 12.3. The quantitative estimate of drug-likeness (QED) is 0.476. The van der Waals surface area contributed by atoms with Crippen LogP contribution >= 0.6 is 0 Å². The van der Waals surface area contributed by atoms with Crippen LogP contribution in [0.4, 0.5) is 10.5 Å². The Morgan fingerprint density at radius 3 is 2.74 bits per heavy atom. The van der Waals surface area contributed by atoms with Gasteiger partial charge in [-0.05, 0) is 31.2 Å². The number of hydrogen-bond acceptors (Lipinski definition) is 5. The third kappa shape index (κ3) is 5.78. The highest BCUT2D eigenvalue weighted by atomic mass is 16.5. The minimum Gasteiger partial charge on any atom is -0.513 e. The molecule has 2 rings (SSSR count). The summed E-state index contributed by atoms with van der Waals surface area (Å²) in [6.07, 6.45) is 6.44. The third-order valence-corrected chi connectivity index (χ3v) is 3.80. The molecule has 7 nitrogen and oxygen atoms in total. The molecule has 27 heavy (non-hydrogen) atoms. The highest BCUT2D eigenvalue weighted by Gasteiger charge is 2.24. The van der Waals surface area contributed by atoms with E-state index in [1.807, 2.05) is 19.1 Å². The molecule has 0 spiro atoms. The molecule has 1 aliphatic rings. The van der Waals surface area contributed by atoms with Crippen LogP contribution in [-0.2, 0) is 0 Å². The first-order valence-electron chi connectivity index (χ1n) is 8.44. The zero-order chi connectivity index (χ0) is 19.8. The number of allylic oxidation sites excluding steroid dienone is 1. The van der Waals surface area contributed by atoms with Crippen LogP contribution in [0.15, 0.2) is 78.2 Å². The number of aliphatic imine (C=N–C) groups is 1. The van der Waals surface area contributed by atoms with Crippen molar-refractivity contribution >= 4 is 17.9 Å². The molecule has 1 aromatic carbocycles. The summed E-state index contributed by atoms with van der Waals surface area (Å²) in [5.41, 5.74) is 1.30. The van der Waals surface area contributed by atoms with Gasteiger partial charge in [0.1, 0.15) is 17.8 Å². The van der Waals surface area contributed by atoms with Crippen molar-refractivity contribution in [1.29, 1.82) is 0 Å². The molecular formula is C20H24N4O3. The number of carbonyl (C=O) groups is 1. The molecule has 2 amide bonds. The fourth-order valence-electron chi connectivity index (χ4n) is 2.24. The number of anilines is 1. The van der Waals surface area contributed by atoms with E-state index in [1.54, 1.807) is 37.5 Å². The summed E-state index contributed by atoms with van der Waals surface area (Å²) in [7, 11) is 0. The van der Waals surface area contributed by atoms with Gasteiger partial charge >= 0.3 is 6.03 Å². The number of benzene rings is 1. The lowest BCUT2D eigenvalue weighted by molar-refractivity contribution is 0.203. The first kappa shape index (κ1) is 19.8. The number of aliphatic hydroxyl groups is 1. The van der Waals surface area contributed by atoms with Crippen molar-refractivity contribution in [3.05, 3.63) is 73.2 Å². The number of hydrogen-bond donors (Lipinski definition) is 3. The van der Waals surface area contributed by atoms with Gasteiger partial charge in [-0.15, -0.1) is 0 Å².